The lowest BCUT2D eigenvalue weighted by atomic mass is 10.2. The summed E-state index contributed by atoms with van der Waals surface area (Å²) in [5.74, 6) is 0. The van der Waals surface area contributed by atoms with Gasteiger partial charge in [-0.1, -0.05) is 17.7 Å². The maximum Gasteiger partial charge on any atom is 0.294 e. The highest BCUT2D eigenvalue weighted by Gasteiger charge is 2.11. The van der Waals surface area contributed by atoms with Crippen LogP contribution in [0.3, 0.4) is 0 Å². The standard InChI is InChI=1S/C8H10O3S/c1-6-3-4-8(7(2)5-6)12(9,10)11/h3-5H,1-2H3,(H,9,10,11). The third-order valence-electron chi connectivity index (χ3n) is 1.61. The van der Waals surface area contributed by atoms with Crippen LogP contribution in [0.4, 0.5) is 0 Å². The van der Waals surface area contributed by atoms with Crippen LogP contribution in [0.25, 0.3) is 0 Å². The van der Waals surface area contributed by atoms with E-state index in [1.165, 1.54) is 6.07 Å². The number of hydrogen-bond acceptors (Lipinski definition) is 2. The van der Waals surface area contributed by atoms with Crippen LogP contribution in [-0.2, 0) is 10.1 Å². The number of benzene rings is 1. The van der Waals surface area contributed by atoms with Gasteiger partial charge in [-0.15, -0.1) is 0 Å². The topological polar surface area (TPSA) is 54.4 Å². The lowest BCUT2D eigenvalue weighted by molar-refractivity contribution is 0.482. The van der Waals surface area contributed by atoms with Crippen LogP contribution in [0.5, 0.6) is 0 Å². The van der Waals surface area contributed by atoms with Gasteiger partial charge in [-0.3, -0.25) is 4.55 Å². The highest BCUT2D eigenvalue weighted by atomic mass is 32.2. The first-order valence-electron chi connectivity index (χ1n) is 3.46. The van der Waals surface area contributed by atoms with E-state index < -0.39 is 10.1 Å². The zero-order chi connectivity index (χ0) is 9.35. The molecular formula is C8H10O3S. The molecule has 0 saturated carbocycles. The largest absolute Gasteiger partial charge is 0.294 e. The Morgan fingerprint density at radius 2 is 1.83 bits per heavy atom. The van der Waals surface area contributed by atoms with Gasteiger partial charge in [0, 0.05) is 0 Å². The van der Waals surface area contributed by atoms with Gasteiger partial charge in [0.15, 0.2) is 0 Å². The summed E-state index contributed by atoms with van der Waals surface area (Å²) < 4.78 is 30.2. The quantitative estimate of drug-likeness (QED) is 0.677. The lowest BCUT2D eigenvalue weighted by Crippen LogP contribution is -2.00. The summed E-state index contributed by atoms with van der Waals surface area (Å²) in [5, 5.41) is 0. The van der Waals surface area contributed by atoms with E-state index in [0.29, 0.717) is 5.56 Å². The Morgan fingerprint density at radius 1 is 1.25 bits per heavy atom. The Hall–Kier alpha value is -0.870. The first-order valence-corrected chi connectivity index (χ1v) is 4.90. The fourth-order valence-electron chi connectivity index (χ4n) is 1.09. The molecule has 0 bridgehead atoms. The van der Waals surface area contributed by atoms with E-state index in [-0.39, 0.29) is 4.90 Å². The highest BCUT2D eigenvalue weighted by molar-refractivity contribution is 7.85. The second kappa shape index (κ2) is 2.88. The second-order valence-corrected chi connectivity index (χ2v) is 4.13. The van der Waals surface area contributed by atoms with Gasteiger partial charge in [0.1, 0.15) is 0 Å². The smallest absolute Gasteiger partial charge is 0.282 e. The van der Waals surface area contributed by atoms with E-state index in [4.69, 9.17) is 4.55 Å². The molecule has 0 saturated heterocycles. The Kier molecular flexibility index (Phi) is 2.21. The average molecular weight is 186 g/mol. The maximum absolute atomic E-state index is 10.7. The van der Waals surface area contributed by atoms with E-state index in [2.05, 4.69) is 0 Å². The van der Waals surface area contributed by atoms with Crippen LogP contribution < -0.4 is 0 Å². The molecule has 66 valence electrons. The minimum absolute atomic E-state index is 0.0203. The maximum atomic E-state index is 10.7. The van der Waals surface area contributed by atoms with Gasteiger partial charge in [0.2, 0.25) is 0 Å². The molecule has 12 heavy (non-hydrogen) atoms. The van der Waals surface area contributed by atoms with Gasteiger partial charge in [-0.25, -0.2) is 0 Å². The Labute approximate surface area is 71.8 Å². The van der Waals surface area contributed by atoms with Gasteiger partial charge in [-0.2, -0.15) is 8.42 Å². The molecule has 1 aromatic rings. The fraction of sp³-hybridized carbons (Fsp3) is 0.250. The van der Waals surface area contributed by atoms with Gasteiger partial charge >= 0.3 is 0 Å². The molecule has 4 heteroatoms. The van der Waals surface area contributed by atoms with Crippen molar-refractivity contribution in [1.82, 2.24) is 0 Å². The van der Waals surface area contributed by atoms with Crippen LogP contribution in [0.15, 0.2) is 23.1 Å². The summed E-state index contributed by atoms with van der Waals surface area (Å²) >= 11 is 0. The van der Waals surface area contributed by atoms with E-state index in [0.717, 1.165) is 5.56 Å². The molecule has 0 atom stereocenters. The molecule has 0 radical (unpaired) electrons. The summed E-state index contributed by atoms with van der Waals surface area (Å²) in [6.45, 7) is 3.51. The van der Waals surface area contributed by atoms with E-state index in [9.17, 15) is 8.42 Å². The molecule has 1 N–H and O–H groups in total. The minimum Gasteiger partial charge on any atom is -0.282 e. The third kappa shape index (κ3) is 1.84. The molecule has 0 heterocycles. The monoisotopic (exact) mass is 186 g/mol. The molecule has 0 aromatic heterocycles. The Morgan fingerprint density at radius 3 is 2.25 bits per heavy atom. The van der Waals surface area contributed by atoms with Crippen molar-refractivity contribution in [3.05, 3.63) is 29.3 Å². The van der Waals surface area contributed by atoms with Crippen molar-refractivity contribution >= 4 is 10.1 Å². The molecule has 0 aliphatic heterocycles. The summed E-state index contributed by atoms with van der Waals surface area (Å²) in [4.78, 5) is -0.0203. The van der Waals surface area contributed by atoms with Crippen LogP contribution in [0, 0.1) is 13.8 Å². The van der Waals surface area contributed by atoms with Gasteiger partial charge in [0.25, 0.3) is 10.1 Å². The number of rotatable bonds is 1. The first kappa shape index (κ1) is 9.22. The van der Waals surface area contributed by atoms with E-state index in [1.54, 1.807) is 19.1 Å². The van der Waals surface area contributed by atoms with Crippen LogP contribution in [0.2, 0.25) is 0 Å². The second-order valence-electron chi connectivity index (χ2n) is 2.74. The van der Waals surface area contributed by atoms with Crippen LogP contribution in [0.1, 0.15) is 11.1 Å². The lowest BCUT2D eigenvalue weighted by Gasteiger charge is -2.02. The predicted octanol–water partition coefficient (Wildman–Crippen LogP) is 1.55. The van der Waals surface area contributed by atoms with Gasteiger partial charge < -0.3 is 0 Å². The normalized spacial score (nSPS) is 11.6. The molecule has 0 spiro atoms. The van der Waals surface area contributed by atoms with Gasteiger partial charge in [-0.05, 0) is 25.5 Å². The summed E-state index contributed by atoms with van der Waals surface area (Å²) in [6, 6.07) is 4.76. The van der Waals surface area contributed by atoms with Crippen LogP contribution >= 0.6 is 0 Å². The molecule has 0 fully saturated rings. The molecule has 0 unspecified atom stereocenters. The van der Waals surface area contributed by atoms with Crippen molar-refractivity contribution in [2.45, 2.75) is 18.7 Å². The average Bonchev–Trinajstić information content (AvgIpc) is 1.83. The number of hydrogen-bond donors (Lipinski definition) is 1. The molecule has 1 rings (SSSR count). The Bertz CT molecular complexity index is 393. The van der Waals surface area contributed by atoms with Crippen molar-refractivity contribution in [2.24, 2.45) is 0 Å². The molecule has 0 amide bonds. The third-order valence-corrected chi connectivity index (χ3v) is 2.62. The highest BCUT2D eigenvalue weighted by Crippen LogP contribution is 2.15. The van der Waals surface area contributed by atoms with Crippen molar-refractivity contribution in [3.63, 3.8) is 0 Å². The molecule has 3 nitrogen and oxygen atoms in total. The van der Waals surface area contributed by atoms with Crippen molar-refractivity contribution in [1.29, 1.82) is 0 Å². The van der Waals surface area contributed by atoms with Crippen molar-refractivity contribution in [2.75, 3.05) is 0 Å². The van der Waals surface area contributed by atoms with Crippen LogP contribution in [-0.4, -0.2) is 13.0 Å². The van der Waals surface area contributed by atoms with Gasteiger partial charge in [0.05, 0.1) is 4.90 Å². The zero-order valence-electron chi connectivity index (χ0n) is 6.90. The fourth-order valence-corrected chi connectivity index (χ4v) is 1.79. The summed E-state index contributed by atoms with van der Waals surface area (Å²) in [5.41, 5.74) is 1.54. The van der Waals surface area contributed by atoms with Crippen molar-refractivity contribution < 1.29 is 13.0 Å². The van der Waals surface area contributed by atoms with E-state index in [1.807, 2.05) is 6.92 Å². The van der Waals surface area contributed by atoms with E-state index >= 15 is 0 Å². The SMILES string of the molecule is Cc1ccc(S(=O)(=O)O)c(C)c1. The summed E-state index contributed by atoms with van der Waals surface area (Å²) in [6.07, 6.45) is 0. The predicted molar refractivity (Wildman–Crippen MR) is 45.7 cm³/mol. The molecular weight excluding hydrogens is 176 g/mol. The zero-order valence-corrected chi connectivity index (χ0v) is 7.72. The first-order chi connectivity index (χ1) is 5.41. The van der Waals surface area contributed by atoms with Crippen molar-refractivity contribution in [3.8, 4) is 0 Å². The molecule has 0 aliphatic carbocycles. The number of aryl methyl sites for hydroxylation is 2. The Balaban J connectivity index is 3.39. The molecule has 0 aliphatic rings. The minimum atomic E-state index is -4.05. The summed E-state index contributed by atoms with van der Waals surface area (Å²) in [7, 11) is -4.05. The molecule has 1 aromatic carbocycles.